The van der Waals surface area contributed by atoms with E-state index in [2.05, 4.69) is 0 Å². The number of halogens is 1. The van der Waals surface area contributed by atoms with Gasteiger partial charge in [-0.2, -0.15) is 0 Å². The number of anilines is 1. The van der Waals surface area contributed by atoms with E-state index in [1.54, 1.807) is 32.0 Å². The average molecular weight is 387 g/mol. The quantitative estimate of drug-likeness (QED) is 0.615. The van der Waals surface area contributed by atoms with Gasteiger partial charge in [0.25, 0.3) is 5.91 Å². The Labute approximate surface area is 159 Å². The molecular formula is C19H14FNO3S2. The highest BCUT2D eigenvalue weighted by molar-refractivity contribution is 8.27. The Morgan fingerprint density at radius 1 is 1.15 bits per heavy atom. The Bertz CT molecular complexity index is 967. The maximum Gasteiger partial charge on any atom is 0.335 e. The van der Waals surface area contributed by atoms with Crippen LogP contribution in [0.5, 0.6) is 0 Å². The van der Waals surface area contributed by atoms with Crippen molar-refractivity contribution in [2.75, 3.05) is 4.90 Å². The molecule has 0 unspecified atom stereocenters. The summed E-state index contributed by atoms with van der Waals surface area (Å²) in [7, 11) is 0. The number of thioether (sulfide) groups is 1. The standard InChI is InChI=1S/C19H14FNO3S2/c1-10-3-4-13(18(23)24)9-15(10)21-17(22)16(26-19(21)25)11(2)12-5-7-14(20)8-6-12/h3-9H,1-2H3,(H,23,24)/b16-11-. The zero-order chi connectivity index (χ0) is 19.0. The lowest BCUT2D eigenvalue weighted by Gasteiger charge is -2.18. The third-order valence-electron chi connectivity index (χ3n) is 4.08. The highest BCUT2D eigenvalue weighted by atomic mass is 32.2. The number of nitrogens with zero attached hydrogens (tertiary/aromatic N) is 1. The Kier molecular flexibility index (Phi) is 4.93. The molecule has 26 heavy (non-hydrogen) atoms. The maximum absolute atomic E-state index is 13.1. The van der Waals surface area contributed by atoms with E-state index in [0.717, 1.165) is 22.9 Å². The van der Waals surface area contributed by atoms with E-state index in [1.165, 1.54) is 29.2 Å². The number of amides is 1. The fourth-order valence-corrected chi connectivity index (χ4v) is 3.95. The summed E-state index contributed by atoms with van der Waals surface area (Å²) in [6.45, 7) is 3.57. The van der Waals surface area contributed by atoms with Gasteiger partial charge in [-0.3, -0.25) is 9.69 Å². The molecule has 2 aromatic carbocycles. The predicted molar refractivity (Wildman–Crippen MR) is 105 cm³/mol. The summed E-state index contributed by atoms with van der Waals surface area (Å²) in [5.74, 6) is -1.74. The van der Waals surface area contributed by atoms with Crippen LogP contribution in [0.3, 0.4) is 0 Å². The van der Waals surface area contributed by atoms with Crippen molar-refractivity contribution in [2.24, 2.45) is 0 Å². The summed E-state index contributed by atoms with van der Waals surface area (Å²) in [5, 5.41) is 9.20. The van der Waals surface area contributed by atoms with Gasteiger partial charge in [0.2, 0.25) is 0 Å². The first kappa shape index (κ1) is 18.3. The van der Waals surface area contributed by atoms with Crippen LogP contribution in [0.1, 0.15) is 28.4 Å². The number of carboxylic acids is 1. The van der Waals surface area contributed by atoms with Gasteiger partial charge in [-0.05, 0) is 54.8 Å². The summed E-state index contributed by atoms with van der Waals surface area (Å²) in [5.41, 5.74) is 2.69. The van der Waals surface area contributed by atoms with Crippen molar-refractivity contribution in [2.45, 2.75) is 13.8 Å². The van der Waals surface area contributed by atoms with Gasteiger partial charge in [0.05, 0.1) is 16.2 Å². The zero-order valence-corrected chi connectivity index (χ0v) is 15.6. The molecule has 4 nitrogen and oxygen atoms in total. The zero-order valence-electron chi connectivity index (χ0n) is 13.9. The van der Waals surface area contributed by atoms with Crippen LogP contribution in [0, 0.1) is 12.7 Å². The van der Waals surface area contributed by atoms with Gasteiger partial charge in [-0.15, -0.1) is 0 Å². The molecule has 0 atom stereocenters. The Morgan fingerprint density at radius 2 is 1.77 bits per heavy atom. The number of aryl methyl sites for hydroxylation is 1. The number of aromatic carboxylic acids is 1. The van der Waals surface area contributed by atoms with Crippen LogP contribution in [0.4, 0.5) is 10.1 Å². The van der Waals surface area contributed by atoms with E-state index in [0.29, 0.717) is 20.5 Å². The second-order valence-electron chi connectivity index (χ2n) is 5.78. The number of carbonyl (C=O) groups is 2. The monoisotopic (exact) mass is 387 g/mol. The fraction of sp³-hybridized carbons (Fsp3) is 0.105. The van der Waals surface area contributed by atoms with Gasteiger partial charge >= 0.3 is 5.97 Å². The van der Waals surface area contributed by atoms with Crippen LogP contribution in [-0.2, 0) is 4.79 Å². The SMILES string of the molecule is C/C(=C1/SC(=S)N(c2cc(C(=O)O)ccc2C)C1=O)c1ccc(F)cc1. The van der Waals surface area contributed by atoms with Crippen molar-refractivity contribution >= 4 is 51.4 Å². The molecule has 0 radical (unpaired) electrons. The number of hydrogen-bond acceptors (Lipinski definition) is 4. The van der Waals surface area contributed by atoms with Gasteiger partial charge in [0.15, 0.2) is 4.32 Å². The number of carbonyl (C=O) groups excluding carboxylic acids is 1. The van der Waals surface area contributed by atoms with E-state index in [1.807, 2.05) is 0 Å². The molecule has 1 heterocycles. The number of carboxylic acid groups (broad SMARTS) is 1. The molecule has 1 aliphatic rings. The molecule has 1 amide bonds. The number of hydrogen-bond donors (Lipinski definition) is 1. The topological polar surface area (TPSA) is 57.6 Å². The highest BCUT2D eigenvalue weighted by Gasteiger charge is 2.35. The van der Waals surface area contributed by atoms with Crippen LogP contribution in [0.2, 0.25) is 0 Å². The molecule has 0 spiro atoms. The third kappa shape index (κ3) is 3.27. The minimum absolute atomic E-state index is 0.0823. The van der Waals surface area contributed by atoms with Gasteiger partial charge in [-0.1, -0.05) is 42.2 Å². The molecule has 0 bridgehead atoms. The van der Waals surface area contributed by atoms with E-state index in [-0.39, 0.29) is 17.3 Å². The molecule has 1 fully saturated rings. The molecular weight excluding hydrogens is 373 g/mol. The Hall–Kier alpha value is -2.51. The molecule has 0 aliphatic carbocycles. The maximum atomic E-state index is 13.1. The molecule has 7 heteroatoms. The molecule has 1 saturated heterocycles. The lowest BCUT2D eigenvalue weighted by molar-refractivity contribution is -0.113. The minimum Gasteiger partial charge on any atom is -0.478 e. The summed E-state index contributed by atoms with van der Waals surface area (Å²) in [6, 6.07) is 10.5. The highest BCUT2D eigenvalue weighted by Crippen LogP contribution is 2.40. The molecule has 1 N–H and O–H groups in total. The molecule has 2 aromatic rings. The first-order valence-corrected chi connectivity index (χ1v) is 8.89. The summed E-state index contributed by atoms with van der Waals surface area (Å²) >= 11 is 6.51. The lowest BCUT2D eigenvalue weighted by atomic mass is 10.1. The molecule has 3 rings (SSSR count). The predicted octanol–water partition coefficient (Wildman–Crippen LogP) is 4.63. The number of benzene rings is 2. The van der Waals surface area contributed by atoms with E-state index >= 15 is 0 Å². The second-order valence-corrected chi connectivity index (χ2v) is 7.42. The molecule has 132 valence electrons. The normalized spacial score (nSPS) is 16.2. The van der Waals surface area contributed by atoms with Crippen LogP contribution in [-0.4, -0.2) is 21.3 Å². The smallest absolute Gasteiger partial charge is 0.335 e. The van der Waals surface area contributed by atoms with Crippen LogP contribution >= 0.6 is 24.0 Å². The van der Waals surface area contributed by atoms with E-state index in [9.17, 15) is 19.1 Å². The number of thiocarbonyl (C=S) groups is 1. The van der Waals surface area contributed by atoms with Crippen LogP contribution in [0.15, 0.2) is 47.4 Å². The summed E-state index contributed by atoms with van der Waals surface area (Å²) in [4.78, 5) is 26.0. The van der Waals surface area contributed by atoms with Gasteiger partial charge in [-0.25, -0.2) is 9.18 Å². The Balaban J connectivity index is 2.05. The number of rotatable bonds is 3. The third-order valence-corrected chi connectivity index (χ3v) is 5.56. The Morgan fingerprint density at radius 3 is 2.38 bits per heavy atom. The van der Waals surface area contributed by atoms with Crippen molar-refractivity contribution in [3.8, 4) is 0 Å². The lowest BCUT2D eigenvalue weighted by Crippen LogP contribution is -2.28. The molecule has 1 aliphatic heterocycles. The molecule has 0 saturated carbocycles. The van der Waals surface area contributed by atoms with Crippen LogP contribution in [0.25, 0.3) is 5.57 Å². The number of allylic oxidation sites excluding steroid dienone is 1. The van der Waals surface area contributed by atoms with Crippen molar-refractivity contribution in [3.63, 3.8) is 0 Å². The van der Waals surface area contributed by atoms with Crippen LogP contribution < -0.4 is 4.90 Å². The van der Waals surface area contributed by atoms with E-state index < -0.39 is 5.97 Å². The summed E-state index contributed by atoms with van der Waals surface area (Å²) in [6.07, 6.45) is 0. The van der Waals surface area contributed by atoms with Gasteiger partial charge in [0, 0.05) is 0 Å². The average Bonchev–Trinajstić information content (AvgIpc) is 2.90. The summed E-state index contributed by atoms with van der Waals surface area (Å²) < 4.78 is 13.5. The first-order valence-electron chi connectivity index (χ1n) is 7.66. The van der Waals surface area contributed by atoms with Gasteiger partial charge < -0.3 is 5.11 Å². The van der Waals surface area contributed by atoms with Crippen molar-refractivity contribution < 1.29 is 19.1 Å². The van der Waals surface area contributed by atoms with E-state index in [4.69, 9.17) is 12.2 Å². The van der Waals surface area contributed by atoms with Crippen molar-refractivity contribution in [3.05, 3.63) is 69.9 Å². The molecule has 0 aromatic heterocycles. The van der Waals surface area contributed by atoms with Gasteiger partial charge in [0.1, 0.15) is 5.82 Å². The first-order chi connectivity index (χ1) is 12.3. The van der Waals surface area contributed by atoms with Crippen molar-refractivity contribution in [1.29, 1.82) is 0 Å². The fourth-order valence-electron chi connectivity index (χ4n) is 2.62. The van der Waals surface area contributed by atoms with Crippen molar-refractivity contribution in [1.82, 2.24) is 0 Å². The second kappa shape index (κ2) is 7.01. The minimum atomic E-state index is -1.07. The largest absolute Gasteiger partial charge is 0.478 e.